The third-order valence-corrected chi connectivity index (χ3v) is 5.65. The largest absolute Gasteiger partial charge is 0.328 e. The lowest BCUT2D eigenvalue weighted by molar-refractivity contribution is 0.101. The van der Waals surface area contributed by atoms with Crippen LogP contribution in [0, 0.1) is 11.7 Å². The lowest BCUT2D eigenvalue weighted by atomic mass is 9.76. The molecular formula is C25H27F3N4O. The van der Waals surface area contributed by atoms with Crippen LogP contribution < -0.4 is 11.1 Å². The summed E-state index contributed by atoms with van der Waals surface area (Å²) in [5.41, 5.74) is 6.88. The van der Waals surface area contributed by atoms with Crippen LogP contribution in [0.3, 0.4) is 0 Å². The monoisotopic (exact) mass is 456 g/mol. The van der Waals surface area contributed by atoms with Crippen molar-refractivity contribution in [2.75, 3.05) is 12.0 Å². The van der Waals surface area contributed by atoms with E-state index in [1.165, 1.54) is 18.3 Å². The van der Waals surface area contributed by atoms with Gasteiger partial charge in [-0.3, -0.25) is 9.78 Å². The van der Waals surface area contributed by atoms with Crippen molar-refractivity contribution in [2.24, 2.45) is 11.7 Å². The highest BCUT2D eigenvalue weighted by atomic mass is 19.1. The van der Waals surface area contributed by atoms with Crippen LogP contribution in [0.25, 0.3) is 5.57 Å². The Labute approximate surface area is 191 Å². The van der Waals surface area contributed by atoms with Crippen molar-refractivity contribution >= 4 is 17.2 Å². The maximum absolute atomic E-state index is 14.4. The number of hydrogen-bond donors (Lipinski definition) is 2. The molecule has 1 aliphatic rings. The van der Waals surface area contributed by atoms with Gasteiger partial charge in [-0.1, -0.05) is 25.7 Å². The van der Waals surface area contributed by atoms with E-state index < -0.39 is 29.9 Å². The van der Waals surface area contributed by atoms with Crippen LogP contribution in [-0.2, 0) is 0 Å². The van der Waals surface area contributed by atoms with E-state index in [4.69, 9.17) is 5.73 Å². The number of rotatable bonds is 7. The number of anilines is 1. The third-order valence-electron chi connectivity index (χ3n) is 5.65. The number of alkyl halides is 1. The van der Waals surface area contributed by atoms with Crippen molar-refractivity contribution in [1.82, 2.24) is 9.97 Å². The number of carbonyl (C=O) groups excluding carboxylic acids is 1. The minimum atomic E-state index is -0.857. The second-order valence-corrected chi connectivity index (χ2v) is 8.29. The van der Waals surface area contributed by atoms with E-state index in [-0.39, 0.29) is 23.2 Å². The molecule has 33 heavy (non-hydrogen) atoms. The zero-order valence-corrected chi connectivity index (χ0v) is 18.4. The highest BCUT2D eigenvalue weighted by Crippen LogP contribution is 2.38. The molecule has 2 aromatic rings. The quantitative estimate of drug-likeness (QED) is 0.540. The second kappa shape index (κ2) is 11.0. The molecule has 3 N–H and O–H groups in total. The number of pyridine rings is 2. The normalized spacial score (nSPS) is 21.2. The van der Waals surface area contributed by atoms with Gasteiger partial charge in [0.2, 0.25) is 0 Å². The van der Waals surface area contributed by atoms with E-state index in [0.29, 0.717) is 11.6 Å². The van der Waals surface area contributed by atoms with Gasteiger partial charge in [-0.25, -0.2) is 18.2 Å². The first-order valence-electron chi connectivity index (χ1n) is 10.8. The van der Waals surface area contributed by atoms with E-state index in [0.717, 1.165) is 43.0 Å². The van der Waals surface area contributed by atoms with Crippen LogP contribution in [-0.4, -0.2) is 28.6 Å². The molecule has 1 amide bonds. The Bertz CT molecular complexity index is 1070. The minimum Gasteiger partial charge on any atom is -0.328 e. The molecule has 0 saturated heterocycles. The highest BCUT2D eigenvalue weighted by molar-refractivity contribution is 6.03. The average molecular weight is 457 g/mol. The lowest BCUT2D eigenvalue weighted by Gasteiger charge is -2.32. The summed E-state index contributed by atoms with van der Waals surface area (Å²) in [7, 11) is 0. The molecule has 0 aliphatic heterocycles. The van der Waals surface area contributed by atoms with E-state index in [9.17, 15) is 18.0 Å². The number of allylic oxidation sites excluding steroid dienone is 5. The summed E-state index contributed by atoms with van der Waals surface area (Å²) in [6, 6.07) is 4.15. The fourth-order valence-electron chi connectivity index (χ4n) is 4.15. The molecule has 3 atom stereocenters. The van der Waals surface area contributed by atoms with Crippen LogP contribution in [0.2, 0.25) is 0 Å². The first-order chi connectivity index (χ1) is 15.8. The molecule has 2 heterocycles. The minimum absolute atomic E-state index is 0.0116. The van der Waals surface area contributed by atoms with Crippen LogP contribution in [0.15, 0.2) is 61.2 Å². The molecule has 2 aromatic heterocycles. The topological polar surface area (TPSA) is 80.9 Å². The fraction of sp³-hybridized carbons (Fsp3) is 0.320. The van der Waals surface area contributed by atoms with Gasteiger partial charge >= 0.3 is 0 Å². The van der Waals surface area contributed by atoms with Crippen molar-refractivity contribution in [3.05, 3.63) is 84.0 Å². The van der Waals surface area contributed by atoms with Gasteiger partial charge in [0.1, 0.15) is 12.5 Å². The zero-order chi connectivity index (χ0) is 24.0. The van der Waals surface area contributed by atoms with Crippen LogP contribution >= 0.6 is 0 Å². The van der Waals surface area contributed by atoms with Gasteiger partial charge in [0, 0.05) is 17.8 Å². The van der Waals surface area contributed by atoms with Gasteiger partial charge in [-0.05, 0) is 60.9 Å². The predicted molar refractivity (Wildman–Crippen MR) is 123 cm³/mol. The fourth-order valence-corrected chi connectivity index (χ4v) is 4.15. The van der Waals surface area contributed by atoms with Crippen molar-refractivity contribution in [3.8, 4) is 0 Å². The second-order valence-electron chi connectivity index (χ2n) is 8.29. The highest BCUT2D eigenvalue weighted by Gasteiger charge is 2.28. The van der Waals surface area contributed by atoms with Gasteiger partial charge in [0.05, 0.1) is 17.6 Å². The average Bonchev–Trinajstić information content (AvgIpc) is 2.78. The van der Waals surface area contributed by atoms with E-state index in [2.05, 4.69) is 28.8 Å². The summed E-state index contributed by atoms with van der Waals surface area (Å²) in [6.07, 6.45) is 9.14. The van der Waals surface area contributed by atoms with E-state index >= 15 is 0 Å². The summed E-state index contributed by atoms with van der Waals surface area (Å²) in [5, 5.41) is 2.70. The Kier molecular flexibility index (Phi) is 8.16. The Morgan fingerprint density at radius 2 is 2.09 bits per heavy atom. The van der Waals surface area contributed by atoms with Crippen molar-refractivity contribution in [2.45, 2.75) is 38.1 Å². The molecule has 0 unspecified atom stereocenters. The van der Waals surface area contributed by atoms with E-state index in [1.807, 2.05) is 6.07 Å². The van der Waals surface area contributed by atoms with Crippen molar-refractivity contribution < 1.29 is 18.0 Å². The number of aromatic nitrogens is 2. The number of hydrogen-bond acceptors (Lipinski definition) is 4. The summed E-state index contributed by atoms with van der Waals surface area (Å²) in [6.45, 7) is 5.00. The number of nitrogens with one attached hydrogen (secondary N) is 1. The zero-order valence-electron chi connectivity index (χ0n) is 18.4. The Morgan fingerprint density at radius 1 is 1.30 bits per heavy atom. The lowest BCUT2D eigenvalue weighted by Crippen LogP contribution is -2.31. The predicted octanol–water partition coefficient (Wildman–Crippen LogP) is 5.49. The maximum atomic E-state index is 14.4. The van der Waals surface area contributed by atoms with Crippen LogP contribution in [0.1, 0.15) is 53.8 Å². The number of carbonyl (C=O) groups is 1. The molecule has 0 radical (unpaired) electrons. The number of halogens is 3. The molecule has 8 heteroatoms. The Balaban J connectivity index is 1.84. The third kappa shape index (κ3) is 6.16. The molecule has 1 fully saturated rings. The Morgan fingerprint density at radius 3 is 2.82 bits per heavy atom. The summed E-state index contributed by atoms with van der Waals surface area (Å²) >= 11 is 0. The molecule has 5 nitrogen and oxygen atoms in total. The standard InChI is InChI=1S/C25H27F3N4O/c1-15-11-17(13-18(29)12-15)19-8-10-30-14-23(19)32-25(33)24-21(28)6-7-22(31-24)16(2)20(27)5-3-4-9-26/h3-8,10,14-15,17-18H,2,9,11-13,29H2,1H3,(H,32,33)/b4-3-,20-5+/t15-,17+,18-/m1/s1. The van der Waals surface area contributed by atoms with Gasteiger partial charge in [-0.2, -0.15) is 0 Å². The van der Waals surface area contributed by atoms with Gasteiger partial charge in [0.25, 0.3) is 5.91 Å². The smallest absolute Gasteiger partial charge is 0.277 e. The van der Waals surface area contributed by atoms with Crippen LogP contribution in [0.4, 0.5) is 18.9 Å². The number of amides is 1. The summed E-state index contributed by atoms with van der Waals surface area (Å²) in [5.74, 6) is -1.83. The number of nitrogens with two attached hydrogens (primary N) is 1. The molecule has 1 saturated carbocycles. The first kappa shape index (κ1) is 24.4. The molecular weight excluding hydrogens is 429 g/mol. The summed E-state index contributed by atoms with van der Waals surface area (Å²) in [4.78, 5) is 21.0. The molecule has 0 spiro atoms. The van der Waals surface area contributed by atoms with Crippen molar-refractivity contribution in [1.29, 1.82) is 0 Å². The molecule has 0 aromatic carbocycles. The van der Waals surface area contributed by atoms with Gasteiger partial charge < -0.3 is 11.1 Å². The Hall–Kier alpha value is -3.26. The van der Waals surface area contributed by atoms with Crippen molar-refractivity contribution in [3.63, 3.8) is 0 Å². The molecule has 0 bridgehead atoms. The van der Waals surface area contributed by atoms with Crippen LogP contribution in [0.5, 0.6) is 0 Å². The number of nitrogens with zero attached hydrogens (tertiary/aromatic N) is 2. The SMILES string of the molecule is C=C(/C(F)=C\C=C/CF)c1ccc(F)c(C(=O)Nc2cnccc2[C@H]2C[C@@H](C)C[C@@H](N)C2)n1. The molecule has 174 valence electrons. The maximum Gasteiger partial charge on any atom is 0.277 e. The summed E-state index contributed by atoms with van der Waals surface area (Å²) < 4.78 is 40.8. The molecule has 1 aliphatic carbocycles. The van der Waals surface area contributed by atoms with Gasteiger partial charge in [0.15, 0.2) is 11.5 Å². The first-order valence-corrected chi connectivity index (χ1v) is 10.8. The van der Waals surface area contributed by atoms with E-state index in [1.54, 1.807) is 6.20 Å². The van der Waals surface area contributed by atoms with Gasteiger partial charge in [-0.15, -0.1) is 0 Å². The molecule has 3 rings (SSSR count).